The minimum atomic E-state index is -4.15. The number of benzene rings is 3. The van der Waals surface area contributed by atoms with Crippen molar-refractivity contribution in [3.63, 3.8) is 0 Å². The first-order chi connectivity index (χ1) is 14.6. The number of hydrogen-bond donors (Lipinski definition) is 1. The number of halogens is 3. The van der Waals surface area contributed by atoms with Crippen molar-refractivity contribution in [2.24, 2.45) is 0 Å². The van der Waals surface area contributed by atoms with Gasteiger partial charge in [-0.05, 0) is 48.9 Å². The van der Waals surface area contributed by atoms with Gasteiger partial charge in [-0.15, -0.1) is 0 Å². The van der Waals surface area contributed by atoms with E-state index in [1.807, 2.05) is 0 Å². The number of para-hydroxylation sites is 1. The highest BCUT2D eigenvalue weighted by atomic mass is 35.5. The van der Waals surface area contributed by atoms with E-state index >= 15 is 0 Å². The van der Waals surface area contributed by atoms with E-state index in [0.717, 1.165) is 6.07 Å². The minimum absolute atomic E-state index is 0.103. The summed E-state index contributed by atoms with van der Waals surface area (Å²) in [5.41, 5.74) is 0.595. The van der Waals surface area contributed by atoms with E-state index in [0.29, 0.717) is 5.56 Å². The van der Waals surface area contributed by atoms with E-state index in [4.69, 9.17) is 11.6 Å². The van der Waals surface area contributed by atoms with Crippen LogP contribution in [0.5, 0.6) is 0 Å². The van der Waals surface area contributed by atoms with Gasteiger partial charge in [0.15, 0.2) is 0 Å². The highest BCUT2D eigenvalue weighted by Gasteiger charge is 2.22. The molecule has 0 saturated carbocycles. The number of rotatable bonds is 6. The second-order valence-corrected chi connectivity index (χ2v) is 9.01. The average Bonchev–Trinajstić information content (AvgIpc) is 2.72. The lowest BCUT2D eigenvalue weighted by molar-refractivity contribution is 0.0783. The van der Waals surface area contributed by atoms with Crippen LogP contribution in [0.3, 0.4) is 0 Å². The van der Waals surface area contributed by atoms with Crippen LogP contribution in [0.4, 0.5) is 14.5 Å². The van der Waals surface area contributed by atoms with Crippen molar-refractivity contribution in [3.05, 3.63) is 94.0 Å². The molecule has 1 N–H and O–H groups in total. The molecule has 0 heterocycles. The van der Waals surface area contributed by atoms with E-state index in [1.54, 1.807) is 6.92 Å². The van der Waals surface area contributed by atoms with Crippen LogP contribution in [-0.2, 0) is 16.6 Å². The molecule has 0 bridgehead atoms. The predicted molar refractivity (Wildman–Crippen MR) is 116 cm³/mol. The molecular formula is C22H19ClF2N2O3S. The molecule has 3 aromatic carbocycles. The van der Waals surface area contributed by atoms with E-state index in [9.17, 15) is 22.0 Å². The third-order valence-corrected chi connectivity index (χ3v) is 6.39. The van der Waals surface area contributed by atoms with Gasteiger partial charge in [-0.1, -0.05) is 35.9 Å². The zero-order valence-electron chi connectivity index (χ0n) is 16.7. The molecule has 3 rings (SSSR count). The number of amides is 1. The van der Waals surface area contributed by atoms with Gasteiger partial charge in [0.1, 0.15) is 11.6 Å². The highest BCUT2D eigenvalue weighted by molar-refractivity contribution is 7.92. The second-order valence-electron chi connectivity index (χ2n) is 6.92. The van der Waals surface area contributed by atoms with Gasteiger partial charge in [0.25, 0.3) is 15.9 Å². The largest absolute Gasteiger partial charge is 0.337 e. The average molecular weight is 465 g/mol. The molecule has 5 nitrogen and oxygen atoms in total. The Bertz CT molecular complexity index is 1230. The summed E-state index contributed by atoms with van der Waals surface area (Å²) in [5.74, 6) is -1.79. The molecule has 162 valence electrons. The van der Waals surface area contributed by atoms with E-state index in [1.165, 1.54) is 66.5 Å². The first kappa shape index (κ1) is 22.7. The summed E-state index contributed by atoms with van der Waals surface area (Å²) in [4.78, 5) is 14.0. The summed E-state index contributed by atoms with van der Waals surface area (Å²) < 4.78 is 55.6. The van der Waals surface area contributed by atoms with E-state index < -0.39 is 27.6 Å². The SMILES string of the molecule is Cc1ccc(S(=O)(=O)Nc2ccccc2F)cc1C(=O)N(C)Cc1c(F)cccc1Cl. The molecule has 0 aliphatic heterocycles. The zero-order chi connectivity index (χ0) is 22.8. The highest BCUT2D eigenvalue weighted by Crippen LogP contribution is 2.24. The van der Waals surface area contributed by atoms with Crippen molar-refractivity contribution in [1.82, 2.24) is 4.90 Å². The zero-order valence-corrected chi connectivity index (χ0v) is 18.3. The van der Waals surface area contributed by atoms with Crippen molar-refractivity contribution in [1.29, 1.82) is 0 Å². The third-order valence-electron chi connectivity index (χ3n) is 4.67. The van der Waals surface area contributed by atoms with E-state index in [-0.39, 0.29) is 33.3 Å². The molecule has 3 aromatic rings. The first-order valence-electron chi connectivity index (χ1n) is 9.16. The Morgan fingerprint density at radius 3 is 2.39 bits per heavy atom. The van der Waals surface area contributed by atoms with Crippen LogP contribution in [-0.4, -0.2) is 26.3 Å². The summed E-state index contributed by atoms with van der Waals surface area (Å²) in [5, 5.41) is 0.182. The smallest absolute Gasteiger partial charge is 0.262 e. The summed E-state index contributed by atoms with van der Waals surface area (Å²) >= 11 is 6.03. The lowest BCUT2D eigenvalue weighted by atomic mass is 10.1. The van der Waals surface area contributed by atoms with Crippen molar-refractivity contribution in [2.45, 2.75) is 18.4 Å². The van der Waals surface area contributed by atoms with Gasteiger partial charge in [-0.25, -0.2) is 17.2 Å². The monoisotopic (exact) mass is 464 g/mol. The Kier molecular flexibility index (Phi) is 6.62. The standard InChI is InChI=1S/C22H19ClF2N2O3S/c1-14-10-11-15(31(29,30)26-21-9-4-3-7-20(21)25)12-16(14)22(28)27(2)13-17-18(23)6-5-8-19(17)24/h3-12,26H,13H2,1-2H3. The van der Waals surface area contributed by atoms with Gasteiger partial charge in [-0.3, -0.25) is 9.52 Å². The van der Waals surface area contributed by atoms with Crippen LogP contribution in [0.15, 0.2) is 65.6 Å². The molecule has 0 spiro atoms. The van der Waals surface area contributed by atoms with Crippen LogP contribution >= 0.6 is 11.6 Å². The Balaban J connectivity index is 1.89. The van der Waals surface area contributed by atoms with Crippen LogP contribution in [0.1, 0.15) is 21.5 Å². The first-order valence-corrected chi connectivity index (χ1v) is 11.0. The summed E-state index contributed by atoms with van der Waals surface area (Å²) in [6.07, 6.45) is 0. The Labute approximate surface area is 184 Å². The number of hydrogen-bond acceptors (Lipinski definition) is 3. The Morgan fingerprint density at radius 1 is 1.03 bits per heavy atom. The molecule has 0 fully saturated rings. The van der Waals surface area contributed by atoms with Crippen LogP contribution < -0.4 is 4.72 Å². The fraction of sp³-hybridized carbons (Fsp3) is 0.136. The lowest BCUT2D eigenvalue weighted by Gasteiger charge is -2.20. The topological polar surface area (TPSA) is 66.5 Å². The fourth-order valence-electron chi connectivity index (χ4n) is 2.94. The van der Waals surface area contributed by atoms with Crippen molar-refractivity contribution in [2.75, 3.05) is 11.8 Å². The molecular weight excluding hydrogens is 446 g/mol. The molecule has 0 unspecified atom stereocenters. The molecule has 0 aliphatic carbocycles. The van der Waals surface area contributed by atoms with Gasteiger partial charge in [0.05, 0.1) is 10.6 Å². The quantitative estimate of drug-likeness (QED) is 0.558. The summed E-state index contributed by atoms with van der Waals surface area (Å²) in [6, 6.07) is 13.6. The Morgan fingerprint density at radius 2 is 1.71 bits per heavy atom. The molecule has 31 heavy (non-hydrogen) atoms. The van der Waals surface area contributed by atoms with Crippen LogP contribution in [0.2, 0.25) is 5.02 Å². The molecule has 1 amide bonds. The maximum atomic E-state index is 14.1. The normalized spacial score (nSPS) is 11.3. The minimum Gasteiger partial charge on any atom is -0.337 e. The van der Waals surface area contributed by atoms with Gasteiger partial charge >= 0.3 is 0 Å². The molecule has 0 radical (unpaired) electrons. The molecule has 0 aromatic heterocycles. The third kappa shape index (κ3) is 5.03. The number of carbonyl (C=O) groups excluding carboxylic acids is 1. The number of anilines is 1. The number of sulfonamides is 1. The maximum Gasteiger partial charge on any atom is 0.262 e. The van der Waals surface area contributed by atoms with E-state index in [2.05, 4.69) is 4.72 Å². The van der Waals surface area contributed by atoms with Gasteiger partial charge in [0, 0.05) is 29.7 Å². The van der Waals surface area contributed by atoms with Crippen molar-refractivity contribution < 1.29 is 22.0 Å². The second kappa shape index (κ2) is 9.03. The number of nitrogens with one attached hydrogen (secondary N) is 1. The predicted octanol–water partition coefficient (Wildman–Crippen LogP) is 5.00. The molecule has 0 atom stereocenters. The maximum absolute atomic E-state index is 14.1. The summed E-state index contributed by atoms with van der Waals surface area (Å²) in [6.45, 7) is 1.55. The molecule has 0 aliphatic rings. The van der Waals surface area contributed by atoms with Gasteiger partial charge in [-0.2, -0.15) is 0 Å². The van der Waals surface area contributed by atoms with Crippen molar-refractivity contribution in [3.8, 4) is 0 Å². The summed E-state index contributed by atoms with van der Waals surface area (Å²) in [7, 11) is -2.69. The number of carbonyl (C=O) groups is 1. The Hall–Kier alpha value is -2.97. The molecule has 9 heteroatoms. The number of aryl methyl sites for hydroxylation is 1. The fourth-order valence-corrected chi connectivity index (χ4v) is 4.26. The van der Waals surface area contributed by atoms with Gasteiger partial charge < -0.3 is 4.90 Å². The van der Waals surface area contributed by atoms with Crippen LogP contribution in [0.25, 0.3) is 0 Å². The number of nitrogens with zero attached hydrogens (tertiary/aromatic N) is 1. The lowest BCUT2D eigenvalue weighted by Crippen LogP contribution is -2.28. The van der Waals surface area contributed by atoms with Crippen molar-refractivity contribution >= 4 is 33.2 Å². The molecule has 0 saturated heterocycles. The van der Waals surface area contributed by atoms with Gasteiger partial charge in [0.2, 0.25) is 0 Å². The van der Waals surface area contributed by atoms with Crippen LogP contribution in [0, 0.1) is 18.6 Å².